The van der Waals surface area contributed by atoms with Gasteiger partial charge in [-0.2, -0.15) is 5.26 Å². The fourth-order valence-electron chi connectivity index (χ4n) is 2.27. The highest BCUT2D eigenvalue weighted by Crippen LogP contribution is 2.37. The number of anilines is 1. The zero-order chi connectivity index (χ0) is 13.4. The number of thiazole rings is 1. The van der Waals surface area contributed by atoms with Crippen LogP contribution in [0.2, 0.25) is 0 Å². The van der Waals surface area contributed by atoms with Crippen molar-refractivity contribution in [1.29, 1.82) is 5.26 Å². The molecule has 94 valence electrons. The highest BCUT2D eigenvalue weighted by atomic mass is 32.1. The second kappa shape index (κ2) is 4.58. The van der Waals surface area contributed by atoms with E-state index in [-0.39, 0.29) is 5.92 Å². The summed E-state index contributed by atoms with van der Waals surface area (Å²) < 4.78 is 1.08. The van der Waals surface area contributed by atoms with Gasteiger partial charge in [0.15, 0.2) is 5.13 Å². The molecule has 4 heteroatoms. The van der Waals surface area contributed by atoms with Crippen molar-refractivity contribution in [2.24, 2.45) is 0 Å². The van der Waals surface area contributed by atoms with E-state index in [1.165, 1.54) is 11.3 Å². The Morgan fingerprint density at radius 2 is 1.94 bits per heavy atom. The topological polar surface area (TPSA) is 62.7 Å². The molecule has 0 unspecified atom stereocenters. The summed E-state index contributed by atoms with van der Waals surface area (Å²) in [5, 5.41) is 10.0. The van der Waals surface area contributed by atoms with Crippen molar-refractivity contribution < 1.29 is 0 Å². The van der Waals surface area contributed by atoms with Crippen molar-refractivity contribution >= 4 is 26.7 Å². The minimum absolute atomic E-state index is 0.266. The number of nitriles is 1. The second-order valence-corrected chi connectivity index (χ2v) is 6.14. The predicted molar refractivity (Wildman–Crippen MR) is 76.9 cm³/mol. The summed E-state index contributed by atoms with van der Waals surface area (Å²) in [7, 11) is 0. The molecule has 2 N–H and O–H groups in total. The minimum atomic E-state index is 0.266. The molecule has 3 nitrogen and oxygen atoms in total. The van der Waals surface area contributed by atoms with Gasteiger partial charge in [0.25, 0.3) is 0 Å². The van der Waals surface area contributed by atoms with Crippen LogP contribution < -0.4 is 5.73 Å². The van der Waals surface area contributed by atoms with Crippen LogP contribution in [0.1, 0.15) is 56.2 Å². The maximum absolute atomic E-state index is 9.46. The molecule has 0 bridgehead atoms. The van der Waals surface area contributed by atoms with E-state index in [4.69, 9.17) is 5.73 Å². The van der Waals surface area contributed by atoms with Crippen LogP contribution in [0.4, 0.5) is 5.13 Å². The van der Waals surface area contributed by atoms with E-state index in [1.807, 2.05) is 0 Å². The zero-order valence-electron chi connectivity index (χ0n) is 11.1. The van der Waals surface area contributed by atoms with Crippen LogP contribution in [0.3, 0.4) is 0 Å². The molecule has 0 amide bonds. The van der Waals surface area contributed by atoms with Gasteiger partial charge >= 0.3 is 0 Å². The van der Waals surface area contributed by atoms with Gasteiger partial charge in [0.1, 0.15) is 0 Å². The first-order chi connectivity index (χ1) is 8.45. The lowest BCUT2D eigenvalue weighted by Crippen LogP contribution is -2.01. The molecule has 0 radical (unpaired) electrons. The molecular formula is C14H17N3S. The number of hydrogen-bond acceptors (Lipinski definition) is 4. The molecule has 0 atom stereocenters. The predicted octanol–water partition coefficient (Wildman–Crippen LogP) is 4.00. The molecule has 0 aliphatic rings. The molecular weight excluding hydrogens is 242 g/mol. The fourth-order valence-corrected chi connectivity index (χ4v) is 3.07. The van der Waals surface area contributed by atoms with Crippen LogP contribution in [-0.2, 0) is 0 Å². The Hall–Kier alpha value is -1.60. The van der Waals surface area contributed by atoms with Gasteiger partial charge in [0, 0.05) is 0 Å². The van der Waals surface area contributed by atoms with E-state index >= 15 is 0 Å². The number of nitrogens with two attached hydrogens (primary N) is 1. The van der Waals surface area contributed by atoms with Gasteiger partial charge in [-0.15, -0.1) is 0 Å². The Balaban J connectivity index is 2.92. The molecule has 0 aliphatic carbocycles. The third-order valence-electron chi connectivity index (χ3n) is 3.08. The SMILES string of the molecule is CC(C)c1cc2sc(N)nc2c(C(C)C)c1C#N. The number of nitrogen functional groups attached to an aromatic ring is 1. The zero-order valence-corrected chi connectivity index (χ0v) is 11.9. The summed E-state index contributed by atoms with van der Waals surface area (Å²) in [6, 6.07) is 4.42. The lowest BCUT2D eigenvalue weighted by molar-refractivity contribution is 0.834. The van der Waals surface area contributed by atoms with E-state index in [1.54, 1.807) is 0 Å². The number of benzene rings is 1. The molecule has 1 aromatic heterocycles. The van der Waals surface area contributed by atoms with Crippen molar-refractivity contribution in [2.45, 2.75) is 39.5 Å². The molecule has 0 aliphatic heterocycles. The van der Waals surface area contributed by atoms with Gasteiger partial charge in [0.2, 0.25) is 0 Å². The van der Waals surface area contributed by atoms with Crippen molar-refractivity contribution in [3.05, 3.63) is 22.8 Å². The van der Waals surface area contributed by atoms with Gasteiger partial charge in [-0.25, -0.2) is 4.98 Å². The molecule has 0 saturated heterocycles. The Labute approximate surface area is 111 Å². The average Bonchev–Trinajstić information content (AvgIpc) is 2.65. The van der Waals surface area contributed by atoms with Crippen LogP contribution in [0.5, 0.6) is 0 Å². The van der Waals surface area contributed by atoms with Gasteiger partial charge in [-0.3, -0.25) is 0 Å². The first-order valence-corrected chi connectivity index (χ1v) is 6.90. The van der Waals surface area contributed by atoms with Crippen LogP contribution in [0, 0.1) is 11.3 Å². The summed E-state index contributed by atoms with van der Waals surface area (Å²) in [6.45, 7) is 8.40. The summed E-state index contributed by atoms with van der Waals surface area (Å²) in [5.41, 5.74) is 9.60. The maximum atomic E-state index is 9.46. The Kier molecular flexibility index (Phi) is 3.27. The minimum Gasteiger partial charge on any atom is -0.375 e. The van der Waals surface area contributed by atoms with Crippen LogP contribution in [0.15, 0.2) is 6.07 Å². The molecule has 1 aromatic carbocycles. The molecule has 2 rings (SSSR count). The van der Waals surface area contributed by atoms with Crippen molar-refractivity contribution in [2.75, 3.05) is 5.73 Å². The Morgan fingerprint density at radius 3 is 2.44 bits per heavy atom. The number of hydrogen-bond donors (Lipinski definition) is 1. The number of rotatable bonds is 2. The Bertz CT molecular complexity index is 633. The summed E-state index contributed by atoms with van der Waals surface area (Å²) in [4.78, 5) is 4.39. The van der Waals surface area contributed by atoms with Crippen molar-refractivity contribution in [1.82, 2.24) is 4.98 Å². The fraction of sp³-hybridized carbons (Fsp3) is 0.429. The van der Waals surface area contributed by atoms with E-state index in [0.717, 1.165) is 26.9 Å². The molecule has 0 fully saturated rings. The molecule has 2 aromatic rings. The maximum Gasteiger partial charge on any atom is 0.181 e. The summed E-state index contributed by atoms with van der Waals surface area (Å²) >= 11 is 1.49. The number of aromatic nitrogens is 1. The second-order valence-electron chi connectivity index (χ2n) is 5.07. The summed E-state index contributed by atoms with van der Waals surface area (Å²) in [5.74, 6) is 0.590. The third-order valence-corrected chi connectivity index (χ3v) is 3.91. The average molecular weight is 259 g/mol. The number of fused-ring (bicyclic) bond motifs is 1. The first kappa shape index (κ1) is 12.8. The monoisotopic (exact) mass is 259 g/mol. The van der Waals surface area contributed by atoms with Gasteiger partial charge in [-0.1, -0.05) is 39.0 Å². The van der Waals surface area contributed by atoms with Gasteiger partial charge in [0.05, 0.1) is 21.8 Å². The Morgan fingerprint density at radius 1 is 1.28 bits per heavy atom. The van der Waals surface area contributed by atoms with E-state index in [2.05, 4.69) is 44.8 Å². The molecule has 1 heterocycles. The van der Waals surface area contributed by atoms with E-state index in [9.17, 15) is 5.26 Å². The van der Waals surface area contributed by atoms with Gasteiger partial charge in [-0.05, 0) is 29.0 Å². The lowest BCUT2D eigenvalue weighted by atomic mass is 9.88. The lowest BCUT2D eigenvalue weighted by Gasteiger charge is -2.15. The van der Waals surface area contributed by atoms with E-state index < -0.39 is 0 Å². The van der Waals surface area contributed by atoms with Crippen LogP contribution in [-0.4, -0.2) is 4.98 Å². The van der Waals surface area contributed by atoms with Crippen LogP contribution >= 0.6 is 11.3 Å². The quantitative estimate of drug-likeness (QED) is 0.886. The molecule has 0 saturated carbocycles. The van der Waals surface area contributed by atoms with E-state index in [0.29, 0.717) is 11.0 Å². The highest BCUT2D eigenvalue weighted by molar-refractivity contribution is 7.22. The largest absolute Gasteiger partial charge is 0.375 e. The summed E-state index contributed by atoms with van der Waals surface area (Å²) in [6.07, 6.45) is 0. The van der Waals surface area contributed by atoms with Crippen LogP contribution in [0.25, 0.3) is 10.2 Å². The highest BCUT2D eigenvalue weighted by Gasteiger charge is 2.20. The standard InChI is InChI=1S/C14H17N3S/c1-7(2)9-5-11-13(17-14(16)18-11)12(8(3)4)10(9)6-15/h5,7-8H,1-4H3,(H2,16,17). The number of nitrogens with zero attached hydrogens (tertiary/aromatic N) is 2. The molecule has 0 spiro atoms. The molecule has 18 heavy (non-hydrogen) atoms. The third kappa shape index (κ3) is 1.95. The first-order valence-electron chi connectivity index (χ1n) is 6.08. The van der Waals surface area contributed by atoms with Crippen molar-refractivity contribution in [3.8, 4) is 6.07 Å². The van der Waals surface area contributed by atoms with Gasteiger partial charge < -0.3 is 5.73 Å². The van der Waals surface area contributed by atoms with Crippen molar-refractivity contribution in [3.63, 3.8) is 0 Å². The normalized spacial score (nSPS) is 11.4. The smallest absolute Gasteiger partial charge is 0.181 e.